The molecule has 4 nitrogen and oxygen atoms in total. The smallest absolute Gasteiger partial charge is 0.339 e. The van der Waals surface area contributed by atoms with Gasteiger partial charge in [-0.3, -0.25) is 4.79 Å². The van der Waals surface area contributed by atoms with Gasteiger partial charge in [0.05, 0.1) is 23.4 Å². The predicted octanol–water partition coefficient (Wildman–Crippen LogP) is 4.14. The molecule has 2 aromatic carbocycles. The number of halogens is 2. The van der Waals surface area contributed by atoms with E-state index in [0.717, 1.165) is 5.56 Å². The molecule has 0 saturated carbocycles. The Morgan fingerprint density at radius 3 is 2.58 bits per heavy atom. The van der Waals surface area contributed by atoms with Gasteiger partial charge in [-0.05, 0) is 35.9 Å². The summed E-state index contributed by atoms with van der Waals surface area (Å²) in [6.07, 6.45) is 0. The molecule has 0 saturated heterocycles. The summed E-state index contributed by atoms with van der Waals surface area (Å²) in [5.74, 6) is -0.234. The van der Waals surface area contributed by atoms with Crippen LogP contribution in [-0.2, 0) is 15.3 Å². The summed E-state index contributed by atoms with van der Waals surface area (Å²) in [5, 5.41) is 2.95. The van der Waals surface area contributed by atoms with E-state index in [1.54, 1.807) is 18.2 Å². The van der Waals surface area contributed by atoms with Crippen LogP contribution in [0.15, 0.2) is 42.5 Å². The summed E-state index contributed by atoms with van der Waals surface area (Å²) in [6.45, 7) is 0. The lowest BCUT2D eigenvalue weighted by molar-refractivity contribution is -0.113. The van der Waals surface area contributed by atoms with E-state index in [-0.39, 0.29) is 28.1 Å². The predicted molar refractivity (Wildman–Crippen MR) is 94.0 cm³/mol. The van der Waals surface area contributed by atoms with Gasteiger partial charge in [-0.1, -0.05) is 23.7 Å². The largest absolute Gasteiger partial charge is 0.465 e. The lowest BCUT2D eigenvalue weighted by Gasteiger charge is -2.08. The number of nitrogens with one attached hydrogen (secondary N) is 1. The van der Waals surface area contributed by atoms with Crippen LogP contribution in [0.4, 0.5) is 10.1 Å². The Morgan fingerprint density at radius 2 is 1.92 bits per heavy atom. The van der Waals surface area contributed by atoms with Crippen molar-refractivity contribution >= 4 is 40.9 Å². The molecule has 0 bridgehead atoms. The number of carbonyl (C=O) groups is 2. The van der Waals surface area contributed by atoms with Crippen molar-refractivity contribution in [3.8, 4) is 0 Å². The van der Waals surface area contributed by atoms with Crippen LogP contribution in [0.1, 0.15) is 15.9 Å². The van der Waals surface area contributed by atoms with Crippen LogP contribution in [0, 0.1) is 5.82 Å². The maximum Gasteiger partial charge on any atom is 0.339 e. The maximum absolute atomic E-state index is 12.8. The van der Waals surface area contributed by atoms with Gasteiger partial charge in [0, 0.05) is 11.4 Å². The Hall–Kier alpha value is -2.05. The first-order valence-electron chi connectivity index (χ1n) is 6.99. The third kappa shape index (κ3) is 5.25. The van der Waals surface area contributed by atoms with E-state index < -0.39 is 5.97 Å². The van der Waals surface area contributed by atoms with Crippen molar-refractivity contribution in [2.75, 3.05) is 18.2 Å². The highest BCUT2D eigenvalue weighted by Crippen LogP contribution is 2.22. The SMILES string of the molecule is COC(=O)c1cc(NC(=O)CSCc2ccc(F)cc2)ccc1Cl. The number of amides is 1. The van der Waals surface area contributed by atoms with Gasteiger partial charge in [-0.2, -0.15) is 0 Å². The monoisotopic (exact) mass is 367 g/mol. The van der Waals surface area contributed by atoms with E-state index in [4.69, 9.17) is 11.6 Å². The van der Waals surface area contributed by atoms with Gasteiger partial charge in [0.1, 0.15) is 5.82 Å². The molecule has 126 valence electrons. The molecule has 0 aliphatic carbocycles. The fraction of sp³-hybridized carbons (Fsp3) is 0.176. The van der Waals surface area contributed by atoms with Gasteiger partial charge in [0.2, 0.25) is 5.91 Å². The summed E-state index contributed by atoms with van der Waals surface area (Å²) < 4.78 is 17.4. The van der Waals surface area contributed by atoms with E-state index in [9.17, 15) is 14.0 Å². The Kier molecular flexibility index (Phi) is 6.63. The first-order chi connectivity index (χ1) is 11.5. The minimum absolute atomic E-state index is 0.191. The molecular weight excluding hydrogens is 353 g/mol. The fourth-order valence-corrected chi connectivity index (χ4v) is 2.89. The lowest BCUT2D eigenvalue weighted by Crippen LogP contribution is -2.15. The fourth-order valence-electron chi connectivity index (χ4n) is 1.91. The second-order valence-electron chi connectivity index (χ2n) is 4.85. The number of anilines is 1. The normalized spacial score (nSPS) is 10.3. The summed E-state index contributed by atoms with van der Waals surface area (Å²) in [7, 11) is 1.26. The molecule has 0 atom stereocenters. The average Bonchev–Trinajstić information content (AvgIpc) is 2.57. The molecule has 0 unspecified atom stereocenters. The average molecular weight is 368 g/mol. The topological polar surface area (TPSA) is 55.4 Å². The van der Waals surface area contributed by atoms with Crippen molar-refractivity contribution in [2.24, 2.45) is 0 Å². The number of hydrogen-bond donors (Lipinski definition) is 1. The molecule has 0 heterocycles. The van der Waals surface area contributed by atoms with Crippen molar-refractivity contribution in [3.63, 3.8) is 0 Å². The number of rotatable bonds is 6. The molecule has 2 rings (SSSR count). The summed E-state index contributed by atoms with van der Waals surface area (Å²) >= 11 is 7.33. The third-order valence-corrected chi connectivity index (χ3v) is 4.40. The number of ether oxygens (including phenoxy) is 1. The summed E-state index contributed by atoms with van der Waals surface area (Å²) in [5.41, 5.74) is 1.59. The number of thioether (sulfide) groups is 1. The summed E-state index contributed by atoms with van der Waals surface area (Å²) in [4.78, 5) is 23.5. The first kappa shape index (κ1) is 18.3. The van der Waals surface area contributed by atoms with Crippen molar-refractivity contribution in [2.45, 2.75) is 5.75 Å². The van der Waals surface area contributed by atoms with Gasteiger partial charge in [-0.15, -0.1) is 11.8 Å². The number of esters is 1. The molecule has 24 heavy (non-hydrogen) atoms. The Labute approximate surface area is 148 Å². The molecule has 1 N–H and O–H groups in total. The van der Waals surface area contributed by atoms with Crippen LogP contribution in [0.2, 0.25) is 5.02 Å². The number of benzene rings is 2. The molecule has 0 aliphatic rings. The molecule has 0 spiro atoms. The zero-order chi connectivity index (χ0) is 17.5. The van der Waals surface area contributed by atoms with Crippen LogP contribution in [-0.4, -0.2) is 24.7 Å². The second kappa shape index (κ2) is 8.70. The van der Waals surface area contributed by atoms with Gasteiger partial charge in [0.25, 0.3) is 0 Å². The molecule has 0 aromatic heterocycles. The highest BCUT2D eigenvalue weighted by atomic mass is 35.5. The number of methoxy groups -OCH3 is 1. The van der Waals surface area contributed by atoms with Gasteiger partial charge in [0.15, 0.2) is 0 Å². The molecule has 0 fully saturated rings. The maximum atomic E-state index is 12.8. The van der Waals surface area contributed by atoms with Gasteiger partial charge >= 0.3 is 5.97 Å². The zero-order valence-corrected chi connectivity index (χ0v) is 14.4. The standard InChI is InChI=1S/C17H15ClFNO3S/c1-23-17(22)14-8-13(6-7-15(14)18)20-16(21)10-24-9-11-2-4-12(19)5-3-11/h2-8H,9-10H2,1H3,(H,20,21). The second-order valence-corrected chi connectivity index (χ2v) is 6.25. The van der Waals surface area contributed by atoms with E-state index in [0.29, 0.717) is 11.4 Å². The zero-order valence-electron chi connectivity index (χ0n) is 12.8. The molecule has 1 amide bonds. The van der Waals surface area contributed by atoms with Gasteiger partial charge < -0.3 is 10.1 Å². The van der Waals surface area contributed by atoms with Crippen LogP contribution < -0.4 is 5.32 Å². The molecular formula is C17H15ClFNO3S. The van der Waals surface area contributed by atoms with Crippen LogP contribution >= 0.6 is 23.4 Å². The highest BCUT2D eigenvalue weighted by Gasteiger charge is 2.12. The molecule has 0 aliphatic heterocycles. The Morgan fingerprint density at radius 1 is 1.21 bits per heavy atom. The Balaban J connectivity index is 1.88. The first-order valence-corrected chi connectivity index (χ1v) is 8.53. The minimum Gasteiger partial charge on any atom is -0.465 e. The lowest BCUT2D eigenvalue weighted by atomic mass is 10.2. The van der Waals surface area contributed by atoms with Crippen LogP contribution in [0.25, 0.3) is 0 Å². The highest BCUT2D eigenvalue weighted by molar-refractivity contribution is 7.99. The van der Waals surface area contributed by atoms with Crippen molar-refractivity contribution in [1.82, 2.24) is 0 Å². The summed E-state index contributed by atoms with van der Waals surface area (Å²) in [6, 6.07) is 10.7. The van der Waals surface area contributed by atoms with Crippen molar-refractivity contribution < 1.29 is 18.7 Å². The number of carbonyl (C=O) groups excluding carboxylic acids is 2. The van der Waals surface area contributed by atoms with E-state index in [2.05, 4.69) is 10.1 Å². The van der Waals surface area contributed by atoms with Crippen molar-refractivity contribution in [3.05, 3.63) is 64.4 Å². The van der Waals surface area contributed by atoms with E-state index in [1.807, 2.05) is 0 Å². The van der Waals surface area contributed by atoms with Gasteiger partial charge in [-0.25, -0.2) is 9.18 Å². The van der Waals surface area contributed by atoms with E-state index in [1.165, 1.54) is 43.1 Å². The van der Waals surface area contributed by atoms with Crippen LogP contribution in [0.5, 0.6) is 0 Å². The minimum atomic E-state index is -0.568. The van der Waals surface area contributed by atoms with Crippen molar-refractivity contribution in [1.29, 1.82) is 0 Å². The quantitative estimate of drug-likeness (QED) is 0.780. The third-order valence-electron chi connectivity index (χ3n) is 3.07. The van der Waals surface area contributed by atoms with Crippen LogP contribution in [0.3, 0.4) is 0 Å². The Bertz CT molecular complexity index is 737. The molecule has 2 aromatic rings. The van der Waals surface area contributed by atoms with E-state index >= 15 is 0 Å². The molecule has 7 heteroatoms. The molecule has 0 radical (unpaired) electrons. The number of hydrogen-bond acceptors (Lipinski definition) is 4.